The van der Waals surface area contributed by atoms with Crippen LogP contribution in [0, 0.1) is 6.92 Å². The van der Waals surface area contributed by atoms with Gasteiger partial charge >= 0.3 is 0 Å². The molecule has 116 valence electrons. The van der Waals surface area contributed by atoms with Crippen molar-refractivity contribution in [3.05, 3.63) is 35.6 Å². The van der Waals surface area contributed by atoms with Crippen LogP contribution in [0.2, 0.25) is 0 Å². The Morgan fingerprint density at radius 2 is 2.00 bits per heavy atom. The molecule has 1 aromatic carbocycles. The van der Waals surface area contributed by atoms with Gasteiger partial charge in [0.1, 0.15) is 11.3 Å². The molecule has 2 rings (SSSR count). The molecule has 0 bridgehead atoms. The first-order valence-electron chi connectivity index (χ1n) is 7.39. The summed E-state index contributed by atoms with van der Waals surface area (Å²) in [5.74, 6) is 0.942. The first-order chi connectivity index (χ1) is 9.80. The maximum absolute atomic E-state index is 10.4. The van der Waals surface area contributed by atoms with Gasteiger partial charge in [0.25, 0.3) is 0 Å². The molecule has 2 aromatic rings. The third-order valence-corrected chi connectivity index (χ3v) is 3.72. The highest BCUT2D eigenvalue weighted by molar-refractivity contribution is 5.82. The van der Waals surface area contributed by atoms with Crippen molar-refractivity contribution in [1.29, 1.82) is 0 Å². The lowest BCUT2D eigenvalue weighted by molar-refractivity contribution is 0.0312. The van der Waals surface area contributed by atoms with Gasteiger partial charge in [-0.3, -0.25) is 0 Å². The molecule has 0 fully saturated rings. The summed E-state index contributed by atoms with van der Waals surface area (Å²) in [5.41, 5.74) is 1.31. The number of furan rings is 1. The lowest BCUT2D eigenvalue weighted by Crippen LogP contribution is -2.46. The van der Waals surface area contributed by atoms with Crippen molar-refractivity contribution < 1.29 is 9.52 Å². The molecule has 0 aliphatic carbocycles. The lowest BCUT2D eigenvalue weighted by atomic mass is 10.0. The van der Waals surface area contributed by atoms with Gasteiger partial charge in [0.2, 0.25) is 0 Å². The molecule has 0 aliphatic heterocycles. The van der Waals surface area contributed by atoms with E-state index >= 15 is 0 Å². The predicted octanol–water partition coefficient (Wildman–Crippen LogP) is 2.70. The van der Waals surface area contributed by atoms with Gasteiger partial charge in [0.05, 0.1) is 11.6 Å². The zero-order chi connectivity index (χ0) is 15.6. The molecular formula is C17H26N2O2. The first kappa shape index (κ1) is 16.0. The summed E-state index contributed by atoms with van der Waals surface area (Å²) < 4.78 is 5.95. The van der Waals surface area contributed by atoms with Crippen LogP contribution in [0.25, 0.3) is 11.0 Å². The van der Waals surface area contributed by atoms with E-state index in [-0.39, 0.29) is 6.04 Å². The number of nitrogens with zero attached hydrogens (tertiary/aromatic N) is 1. The molecule has 0 amide bonds. The average molecular weight is 290 g/mol. The zero-order valence-electron chi connectivity index (χ0n) is 13.6. The molecule has 2 unspecified atom stereocenters. The quantitative estimate of drug-likeness (QED) is 0.859. The van der Waals surface area contributed by atoms with Gasteiger partial charge in [-0.25, -0.2) is 0 Å². The van der Waals surface area contributed by atoms with Crippen LogP contribution in [0.4, 0.5) is 0 Å². The second-order valence-corrected chi connectivity index (χ2v) is 6.42. The normalized spacial score (nSPS) is 16.3. The molecule has 2 N–H and O–H groups in total. The highest BCUT2D eigenvalue weighted by atomic mass is 16.3. The van der Waals surface area contributed by atoms with E-state index in [1.165, 1.54) is 0 Å². The van der Waals surface area contributed by atoms with Crippen molar-refractivity contribution in [2.45, 2.75) is 32.4 Å². The summed E-state index contributed by atoms with van der Waals surface area (Å²) in [6.45, 7) is 7.13. The van der Waals surface area contributed by atoms with Gasteiger partial charge in [0, 0.05) is 18.5 Å². The second kappa shape index (κ2) is 6.18. The number of aliphatic hydroxyl groups is 1. The molecule has 0 saturated heterocycles. The number of fused-ring (bicyclic) bond motifs is 1. The van der Waals surface area contributed by atoms with E-state index < -0.39 is 5.60 Å². The van der Waals surface area contributed by atoms with E-state index in [1.807, 2.05) is 44.1 Å². The van der Waals surface area contributed by atoms with Gasteiger partial charge < -0.3 is 19.7 Å². The van der Waals surface area contributed by atoms with Gasteiger partial charge in [-0.2, -0.15) is 0 Å². The Hall–Kier alpha value is -1.36. The van der Waals surface area contributed by atoms with Crippen molar-refractivity contribution in [3.63, 3.8) is 0 Å². The van der Waals surface area contributed by atoms with E-state index in [2.05, 4.69) is 25.2 Å². The highest BCUT2D eigenvalue weighted by Crippen LogP contribution is 2.29. The Morgan fingerprint density at radius 3 is 2.62 bits per heavy atom. The molecule has 2 atom stereocenters. The second-order valence-electron chi connectivity index (χ2n) is 6.42. The number of hydrogen-bond acceptors (Lipinski definition) is 4. The van der Waals surface area contributed by atoms with Crippen LogP contribution >= 0.6 is 0 Å². The van der Waals surface area contributed by atoms with Gasteiger partial charge in [-0.05, 0) is 46.5 Å². The molecule has 4 heteroatoms. The van der Waals surface area contributed by atoms with Crippen LogP contribution in [0.3, 0.4) is 0 Å². The fourth-order valence-electron chi connectivity index (χ4n) is 2.81. The Morgan fingerprint density at radius 1 is 1.33 bits per heavy atom. The Bertz CT molecular complexity index is 602. The fraction of sp³-hybridized carbons (Fsp3) is 0.529. The standard InChI is InChI=1S/C17H26N2O2/c1-12-14-8-6-7-9-15(14)21-16(12)13(2)18-10-17(3,20)11-19(4)5/h6-9,13,18,20H,10-11H2,1-5H3. The fourth-order valence-corrected chi connectivity index (χ4v) is 2.81. The minimum Gasteiger partial charge on any atom is -0.459 e. The van der Waals surface area contributed by atoms with Crippen LogP contribution in [-0.4, -0.2) is 42.8 Å². The number of benzene rings is 1. The minimum absolute atomic E-state index is 0.0611. The largest absolute Gasteiger partial charge is 0.459 e. The Balaban J connectivity index is 2.09. The molecule has 0 radical (unpaired) electrons. The monoisotopic (exact) mass is 290 g/mol. The molecule has 1 aromatic heterocycles. The maximum Gasteiger partial charge on any atom is 0.134 e. The number of nitrogens with one attached hydrogen (secondary N) is 1. The first-order valence-corrected chi connectivity index (χ1v) is 7.39. The lowest BCUT2D eigenvalue weighted by Gasteiger charge is -2.28. The molecule has 21 heavy (non-hydrogen) atoms. The van der Waals surface area contributed by atoms with Crippen molar-refractivity contribution in [2.75, 3.05) is 27.2 Å². The zero-order valence-corrected chi connectivity index (χ0v) is 13.6. The summed E-state index contributed by atoms with van der Waals surface area (Å²) in [6.07, 6.45) is 0. The maximum atomic E-state index is 10.4. The van der Waals surface area contributed by atoms with E-state index in [0.29, 0.717) is 13.1 Å². The van der Waals surface area contributed by atoms with E-state index in [4.69, 9.17) is 4.42 Å². The van der Waals surface area contributed by atoms with Crippen LogP contribution in [0.5, 0.6) is 0 Å². The Kier molecular flexibility index (Phi) is 4.71. The Labute approximate surface area is 126 Å². The molecular weight excluding hydrogens is 264 g/mol. The van der Waals surface area contributed by atoms with Gasteiger partial charge in [-0.15, -0.1) is 0 Å². The van der Waals surface area contributed by atoms with Crippen molar-refractivity contribution in [2.24, 2.45) is 0 Å². The molecule has 0 spiro atoms. The van der Waals surface area contributed by atoms with E-state index in [0.717, 1.165) is 22.3 Å². The van der Waals surface area contributed by atoms with Crippen LogP contribution in [0.15, 0.2) is 28.7 Å². The van der Waals surface area contributed by atoms with Gasteiger partial charge in [0.15, 0.2) is 0 Å². The highest BCUT2D eigenvalue weighted by Gasteiger charge is 2.23. The topological polar surface area (TPSA) is 48.6 Å². The number of likely N-dealkylation sites (N-methyl/N-ethyl adjacent to an activating group) is 1. The summed E-state index contributed by atoms with van der Waals surface area (Å²) in [4.78, 5) is 1.98. The third-order valence-electron chi connectivity index (χ3n) is 3.72. The van der Waals surface area contributed by atoms with Crippen LogP contribution in [0.1, 0.15) is 31.2 Å². The van der Waals surface area contributed by atoms with Crippen molar-refractivity contribution in [1.82, 2.24) is 10.2 Å². The molecule has 0 aliphatic rings. The molecule has 4 nitrogen and oxygen atoms in total. The van der Waals surface area contributed by atoms with Crippen LogP contribution < -0.4 is 5.32 Å². The summed E-state index contributed by atoms with van der Waals surface area (Å²) in [6, 6.07) is 8.13. The predicted molar refractivity (Wildman–Crippen MR) is 86.5 cm³/mol. The summed E-state index contributed by atoms with van der Waals surface area (Å²) in [7, 11) is 3.92. The number of hydrogen-bond donors (Lipinski definition) is 2. The average Bonchev–Trinajstić information content (AvgIpc) is 2.73. The third kappa shape index (κ3) is 3.84. The van der Waals surface area contributed by atoms with Crippen LogP contribution in [-0.2, 0) is 0 Å². The smallest absolute Gasteiger partial charge is 0.134 e. The van der Waals surface area contributed by atoms with E-state index in [1.54, 1.807) is 0 Å². The van der Waals surface area contributed by atoms with Gasteiger partial charge in [-0.1, -0.05) is 18.2 Å². The molecule has 1 heterocycles. The number of rotatable bonds is 6. The summed E-state index contributed by atoms with van der Waals surface area (Å²) in [5, 5.41) is 14.9. The number of para-hydroxylation sites is 1. The molecule has 0 saturated carbocycles. The SMILES string of the molecule is Cc1c(C(C)NCC(C)(O)CN(C)C)oc2ccccc12. The number of aryl methyl sites for hydroxylation is 1. The minimum atomic E-state index is -0.766. The van der Waals surface area contributed by atoms with Crippen molar-refractivity contribution in [3.8, 4) is 0 Å². The van der Waals surface area contributed by atoms with Crippen molar-refractivity contribution >= 4 is 11.0 Å². The van der Waals surface area contributed by atoms with E-state index in [9.17, 15) is 5.11 Å². The summed E-state index contributed by atoms with van der Waals surface area (Å²) >= 11 is 0.